The summed E-state index contributed by atoms with van der Waals surface area (Å²) in [6, 6.07) is 15.5. The number of benzene rings is 3. The first-order chi connectivity index (χ1) is 21.9. The highest BCUT2D eigenvalue weighted by atomic mass is 32.2. The molecule has 2 N–H and O–H groups in total. The second-order valence-electron chi connectivity index (χ2n) is 10.5. The van der Waals surface area contributed by atoms with Gasteiger partial charge in [-0.15, -0.1) is 18.3 Å². The Hall–Kier alpha value is -5.05. The summed E-state index contributed by atoms with van der Waals surface area (Å²) in [4.78, 5) is 35.8. The van der Waals surface area contributed by atoms with Gasteiger partial charge in [-0.05, 0) is 66.4 Å². The van der Waals surface area contributed by atoms with Gasteiger partial charge in [0.2, 0.25) is 5.91 Å². The van der Waals surface area contributed by atoms with E-state index in [1.807, 2.05) is 39.0 Å². The number of carbonyl (C=O) groups excluding carboxylic acids is 2. The van der Waals surface area contributed by atoms with E-state index in [9.17, 15) is 22.8 Å². The summed E-state index contributed by atoms with van der Waals surface area (Å²) < 4.78 is 48.1. The first-order valence-corrected chi connectivity index (χ1v) is 15.0. The molecular formula is C31H30F3N7O4S. The predicted octanol–water partition coefficient (Wildman–Crippen LogP) is 6.89. The van der Waals surface area contributed by atoms with E-state index < -0.39 is 12.4 Å². The monoisotopic (exact) mass is 653 g/mol. The van der Waals surface area contributed by atoms with Crippen LogP contribution in [0, 0.1) is 6.92 Å². The quantitative estimate of drug-likeness (QED) is 0.200. The molecule has 0 unspecified atom stereocenters. The molecule has 0 radical (unpaired) electrons. The van der Waals surface area contributed by atoms with Gasteiger partial charge in [0, 0.05) is 11.8 Å². The van der Waals surface area contributed by atoms with E-state index >= 15 is 0 Å². The molecule has 11 nitrogen and oxygen atoms in total. The average molecular weight is 654 g/mol. The molecule has 0 bridgehead atoms. The van der Waals surface area contributed by atoms with E-state index in [4.69, 9.17) is 4.74 Å². The number of nitrogens with one attached hydrogen (secondary N) is 2. The minimum absolute atomic E-state index is 0.145. The second-order valence-corrected chi connectivity index (χ2v) is 11.4. The third-order valence-corrected chi connectivity index (χ3v) is 7.70. The third-order valence-electron chi connectivity index (χ3n) is 6.78. The lowest BCUT2D eigenvalue weighted by atomic mass is 9.99. The molecule has 3 amide bonds. The van der Waals surface area contributed by atoms with Crippen molar-refractivity contribution in [3.8, 4) is 17.2 Å². The lowest BCUT2D eigenvalue weighted by molar-refractivity contribution is -0.274. The van der Waals surface area contributed by atoms with Crippen LogP contribution in [0.3, 0.4) is 0 Å². The van der Waals surface area contributed by atoms with E-state index in [1.165, 1.54) is 59.0 Å². The largest absolute Gasteiger partial charge is 0.573 e. The normalized spacial score (nSPS) is 14.2. The van der Waals surface area contributed by atoms with Crippen molar-refractivity contribution in [3.63, 3.8) is 0 Å². The van der Waals surface area contributed by atoms with Gasteiger partial charge >= 0.3 is 12.4 Å². The number of halogens is 3. The van der Waals surface area contributed by atoms with Crippen LogP contribution in [0.25, 0.3) is 5.69 Å². The number of methoxy groups -OCH3 is 1. The number of amides is 3. The smallest absolute Gasteiger partial charge is 0.495 e. The zero-order valence-corrected chi connectivity index (χ0v) is 26.1. The molecule has 1 saturated heterocycles. The molecular weight excluding hydrogens is 623 g/mol. The molecule has 46 heavy (non-hydrogen) atoms. The number of aromatic nitrogens is 3. The van der Waals surface area contributed by atoms with Crippen LogP contribution in [0.4, 0.5) is 35.0 Å². The maximum Gasteiger partial charge on any atom is 0.573 e. The molecule has 3 aromatic carbocycles. The molecule has 1 fully saturated rings. The summed E-state index contributed by atoms with van der Waals surface area (Å²) in [6.45, 7) is 6.24. The van der Waals surface area contributed by atoms with Crippen LogP contribution in [0.5, 0.6) is 11.5 Å². The molecule has 1 aliphatic heterocycles. The lowest BCUT2D eigenvalue weighted by Crippen LogP contribution is -2.31. The molecule has 2 heterocycles. The van der Waals surface area contributed by atoms with E-state index in [0.717, 1.165) is 16.8 Å². The van der Waals surface area contributed by atoms with Crippen LogP contribution in [-0.4, -0.2) is 51.1 Å². The summed E-state index contributed by atoms with van der Waals surface area (Å²) in [5.74, 6) is 0.704. The number of ether oxygens (including phenoxy) is 2. The number of nitrogens with zero attached hydrogens (tertiary/aromatic N) is 5. The Morgan fingerprint density at radius 3 is 2.57 bits per heavy atom. The number of thioether (sulfide) groups is 1. The average Bonchev–Trinajstić information content (AvgIpc) is 3.62. The van der Waals surface area contributed by atoms with Crippen LogP contribution in [-0.2, 0) is 11.3 Å². The fourth-order valence-electron chi connectivity index (χ4n) is 4.65. The topological polar surface area (TPSA) is 123 Å². The fraction of sp³-hybridized carbons (Fsp3) is 0.258. The molecule has 15 heteroatoms. The molecule has 0 atom stereocenters. The molecule has 0 saturated carbocycles. The number of amidine groups is 1. The minimum Gasteiger partial charge on any atom is -0.495 e. The van der Waals surface area contributed by atoms with Gasteiger partial charge in [-0.2, -0.15) is 4.99 Å². The Morgan fingerprint density at radius 2 is 1.87 bits per heavy atom. The third kappa shape index (κ3) is 7.77. The van der Waals surface area contributed by atoms with Crippen LogP contribution < -0.4 is 25.0 Å². The Balaban J connectivity index is 1.24. The summed E-state index contributed by atoms with van der Waals surface area (Å²) in [6.07, 6.45) is -3.33. The van der Waals surface area contributed by atoms with Crippen molar-refractivity contribution in [2.24, 2.45) is 4.99 Å². The first kappa shape index (κ1) is 32.3. The maximum absolute atomic E-state index is 12.9. The Kier molecular flexibility index (Phi) is 9.51. The first-order valence-electron chi connectivity index (χ1n) is 14.0. The number of carbonyl (C=O) groups is 2. The highest BCUT2D eigenvalue weighted by Gasteiger charge is 2.33. The summed E-state index contributed by atoms with van der Waals surface area (Å²) in [5, 5.41) is 10.6. The van der Waals surface area contributed by atoms with Crippen molar-refractivity contribution in [1.29, 1.82) is 0 Å². The second kappa shape index (κ2) is 13.5. The van der Waals surface area contributed by atoms with Crippen molar-refractivity contribution in [2.75, 3.05) is 28.4 Å². The number of hydrogen-bond donors (Lipinski definition) is 2. The van der Waals surface area contributed by atoms with E-state index in [0.29, 0.717) is 33.8 Å². The van der Waals surface area contributed by atoms with Gasteiger partial charge < -0.3 is 20.1 Å². The summed E-state index contributed by atoms with van der Waals surface area (Å²) in [7, 11) is 1.48. The number of aryl methyl sites for hydroxylation is 1. The van der Waals surface area contributed by atoms with Gasteiger partial charge in [0.15, 0.2) is 11.0 Å². The highest BCUT2D eigenvalue weighted by molar-refractivity contribution is 8.15. The molecule has 4 aromatic rings. The standard InChI is InChI=1S/C31H30F3N7O4S/c1-18(2)23-11-5-19(3)13-25(23)41-28(42)16-46-30(41)38-29(43)37-20-6-12-24(26(14-20)44-4)35-15-27-36-17-40(39-27)21-7-9-22(10-8-21)45-31(32,33)34/h5-14,17-18,35H,15-16H2,1-4H3,(H,37,43). The number of urea groups is 1. The van der Waals surface area contributed by atoms with Crippen LogP contribution in [0.1, 0.15) is 36.7 Å². The van der Waals surface area contributed by atoms with Crippen molar-refractivity contribution in [2.45, 2.75) is 39.6 Å². The molecule has 0 spiro atoms. The predicted molar refractivity (Wildman–Crippen MR) is 170 cm³/mol. The van der Waals surface area contributed by atoms with Gasteiger partial charge in [0.1, 0.15) is 17.8 Å². The number of alkyl halides is 3. The number of hydrogen-bond acceptors (Lipinski definition) is 8. The summed E-state index contributed by atoms with van der Waals surface area (Å²) in [5.41, 5.74) is 4.22. The molecule has 1 aliphatic rings. The summed E-state index contributed by atoms with van der Waals surface area (Å²) >= 11 is 1.21. The molecule has 5 rings (SSSR count). The van der Waals surface area contributed by atoms with Gasteiger partial charge in [-0.3, -0.25) is 9.69 Å². The highest BCUT2D eigenvalue weighted by Crippen LogP contribution is 2.34. The van der Waals surface area contributed by atoms with Crippen molar-refractivity contribution < 1.29 is 32.2 Å². The zero-order chi connectivity index (χ0) is 33.0. The van der Waals surface area contributed by atoms with Crippen LogP contribution in [0.2, 0.25) is 0 Å². The van der Waals surface area contributed by atoms with Crippen molar-refractivity contribution in [3.05, 3.63) is 83.9 Å². The van der Waals surface area contributed by atoms with Gasteiger partial charge in [-0.25, -0.2) is 14.5 Å². The van der Waals surface area contributed by atoms with Gasteiger partial charge in [-0.1, -0.05) is 37.7 Å². The van der Waals surface area contributed by atoms with Gasteiger partial charge in [0.25, 0.3) is 0 Å². The van der Waals surface area contributed by atoms with E-state index in [-0.39, 0.29) is 29.9 Å². The zero-order valence-electron chi connectivity index (χ0n) is 25.3. The Bertz CT molecular complexity index is 1770. The SMILES string of the molecule is COc1cc(NC(=O)N=C2SCC(=O)N2c2cc(C)ccc2C(C)C)ccc1NCc1ncn(-c2ccc(OC(F)(F)F)cc2)n1. The number of rotatable bonds is 9. The Labute approximate surface area is 266 Å². The molecule has 240 valence electrons. The van der Waals surface area contributed by atoms with Crippen molar-refractivity contribution >= 4 is 45.9 Å². The molecule has 1 aromatic heterocycles. The maximum atomic E-state index is 12.9. The van der Waals surface area contributed by atoms with E-state index in [2.05, 4.69) is 30.4 Å². The fourth-order valence-corrected chi connectivity index (χ4v) is 5.51. The number of aliphatic imine (C=N–C) groups is 1. The Morgan fingerprint density at radius 1 is 1.11 bits per heavy atom. The van der Waals surface area contributed by atoms with Crippen molar-refractivity contribution in [1.82, 2.24) is 14.8 Å². The van der Waals surface area contributed by atoms with Crippen LogP contribution in [0.15, 0.2) is 72.0 Å². The molecule has 0 aliphatic carbocycles. The minimum atomic E-state index is -4.77. The van der Waals surface area contributed by atoms with Gasteiger partial charge in [0.05, 0.1) is 36.5 Å². The van der Waals surface area contributed by atoms with E-state index in [1.54, 1.807) is 18.2 Å². The van der Waals surface area contributed by atoms with Crippen LogP contribution >= 0.6 is 11.8 Å². The lowest BCUT2D eigenvalue weighted by Gasteiger charge is -2.22. The number of anilines is 3.